The number of carbonyl (C=O) groups is 2. The van der Waals surface area contributed by atoms with Gasteiger partial charge in [0.15, 0.2) is 10.9 Å². The van der Waals surface area contributed by atoms with Crippen molar-refractivity contribution in [2.75, 3.05) is 13.1 Å². The second-order valence-electron chi connectivity index (χ2n) is 8.06. The van der Waals surface area contributed by atoms with Crippen molar-refractivity contribution in [2.24, 2.45) is 11.7 Å². The third-order valence-electron chi connectivity index (χ3n) is 6.00. The summed E-state index contributed by atoms with van der Waals surface area (Å²) in [6, 6.07) is 11.7. The maximum Gasteiger partial charge on any atom is 0.264 e. The summed E-state index contributed by atoms with van der Waals surface area (Å²) >= 11 is 1.44. The Hall–Kier alpha value is -2.91. The van der Waals surface area contributed by atoms with Crippen LogP contribution in [0.1, 0.15) is 34.8 Å². The number of aromatic nitrogens is 3. The van der Waals surface area contributed by atoms with Gasteiger partial charge in [0.25, 0.3) is 5.91 Å². The predicted octanol–water partition coefficient (Wildman–Crippen LogP) is 2.90. The summed E-state index contributed by atoms with van der Waals surface area (Å²) in [4.78, 5) is 31.8. The van der Waals surface area contributed by atoms with Crippen molar-refractivity contribution in [2.45, 2.75) is 36.2 Å². The number of furan rings is 1. The van der Waals surface area contributed by atoms with Crippen molar-refractivity contribution in [3.05, 3.63) is 53.8 Å². The topological polar surface area (TPSA) is 107 Å². The standard InChI is InChI=1S/C22H23N5O3S/c1-13-4-2-5-15(12-13)17(26-9-7-14(8-10-26)19(23)28)18-21(29)27-22(31-18)24-20(25-27)16-6-3-11-30-16/h2-6,11-12,14,17-18H,7-10H2,1H3,(H2,23,28). The third-order valence-corrected chi connectivity index (χ3v) is 7.19. The second-order valence-corrected chi connectivity index (χ2v) is 9.16. The van der Waals surface area contributed by atoms with Crippen LogP contribution in [0.5, 0.6) is 0 Å². The highest BCUT2D eigenvalue weighted by Crippen LogP contribution is 2.42. The van der Waals surface area contributed by atoms with E-state index in [4.69, 9.17) is 10.2 Å². The van der Waals surface area contributed by atoms with Gasteiger partial charge in [-0.25, -0.2) is 0 Å². The number of rotatable bonds is 5. The highest BCUT2D eigenvalue weighted by molar-refractivity contribution is 8.00. The number of fused-ring (bicyclic) bond motifs is 1. The van der Waals surface area contributed by atoms with Crippen LogP contribution in [0.25, 0.3) is 11.6 Å². The van der Waals surface area contributed by atoms with Crippen molar-refractivity contribution < 1.29 is 14.0 Å². The highest BCUT2D eigenvalue weighted by Gasteiger charge is 2.44. The van der Waals surface area contributed by atoms with Crippen LogP contribution < -0.4 is 5.73 Å². The number of hydrogen-bond acceptors (Lipinski definition) is 7. The number of benzene rings is 1. The summed E-state index contributed by atoms with van der Waals surface area (Å²) in [7, 11) is 0. The highest BCUT2D eigenvalue weighted by atomic mass is 32.2. The Kier molecular flexibility index (Phi) is 5.15. The molecule has 5 rings (SSSR count). The van der Waals surface area contributed by atoms with Gasteiger partial charge in [-0.15, -0.1) is 5.10 Å². The number of nitrogens with two attached hydrogens (primary N) is 1. The molecule has 4 heterocycles. The van der Waals surface area contributed by atoms with Gasteiger partial charge in [0, 0.05) is 5.92 Å². The molecule has 2 atom stereocenters. The van der Waals surface area contributed by atoms with Gasteiger partial charge in [-0.2, -0.15) is 9.67 Å². The number of thioether (sulfide) groups is 1. The molecule has 2 aliphatic heterocycles. The van der Waals surface area contributed by atoms with E-state index in [1.807, 2.05) is 19.1 Å². The van der Waals surface area contributed by atoms with E-state index in [0.29, 0.717) is 42.7 Å². The first-order chi connectivity index (χ1) is 15.0. The number of amides is 1. The first-order valence-corrected chi connectivity index (χ1v) is 11.2. The van der Waals surface area contributed by atoms with Crippen molar-refractivity contribution in [1.29, 1.82) is 0 Å². The molecule has 2 aliphatic rings. The van der Waals surface area contributed by atoms with Gasteiger partial charge in [0.05, 0.1) is 12.3 Å². The minimum Gasteiger partial charge on any atom is -0.461 e. The van der Waals surface area contributed by atoms with Gasteiger partial charge in [-0.05, 0) is 50.6 Å². The second kappa shape index (κ2) is 7.97. The molecule has 31 heavy (non-hydrogen) atoms. The third kappa shape index (κ3) is 3.68. The molecule has 9 heteroatoms. The number of aryl methyl sites for hydroxylation is 1. The molecule has 1 saturated heterocycles. The van der Waals surface area contributed by atoms with Gasteiger partial charge >= 0.3 is 0 Å². The molecule has 1 amide bonds. The van der Waals surface area contributed by atoms with Crippen molar-refractivity contribution >= 4 is 23.6 Å². The Morgan fingerprint density at radius 1 is 1.26 bits per heavy atom. The molecule has 0 radical (unpaired) electrons. The van der Waals surface area contributed by atoms with Crippen LogP contribution in [0.4, 0.5) is 0 Å². The SMILES string of the molecule is Cc1cccc(C(C2Sc3nc(-c4ccco4)nn3C2=O)N2CCC(C(N)=O)CC2)c1. The molecule has 0 aliphatic carbocycles. The summed E-state index contributed by atoms with van der Waals surface area (Å²) in [5, 5.41) is 4.61. The van der Waals surface area contributed by atoms with Crippen LogP contribution in [-0.2, 0) is 4.79 Å². The first-order valence-electron chi connectivity index (χ1n) is 10.3. The van der Waals surface area contributed by atoms with Crippen LogP contribution in [0.2, 0.25) is 0 Å². The fourth-order valence-electron chi connectivity index (χ4n) is 4.41. The summed E-state index contributed by atoms with van der Waals surface area (Å²) < 4.78 is 6.76. The molecule has 0 saturated carbocycles. The first kappa shape index (κ1) is 20.0. The number of nitrogens with zero attached hydrogens (tertiary/aromatic N) is 4. The molecule has 2 N–H and O–H groups in total. The molecule has 2 unspecified atom stereocenters. The molecule has 1 aromatic carbocycles. The number of carbonyl (C=O) groups excluding carboxylic acids is 2. The fraction of sp³-hybridized carbons (Fsp3) is 0.364. The predicted molar refractivity (Wildman–Crippen MR) is 115 cm³/mol. The molecule has 2 aromatic heterocycles. The maximum atomic E-state index is 13.4. The molecular weight excluding hydrogens is 414 g/mol. The van der Waals surface area contributed by atoms with Gasteiger partial charge in [-0.1, -0.05) is 41.6 Å². The number of primary amides is 1. The van der Waals surface area contributed by atoms with Crippen LogP contribution in [0.15, 0.2) is 52.2 Å². The van der Waals surface area contributed by atoms with Gasteiger partial charge in [0.1, 0.15) is 5.25 Å². The zero-order valence-corrected chi connectivity index (χ0v) is 17.9. The number of piperidine rings is 1. The van der Waals surface area contributed by atoms with E-state index >= 15 is 0 Å². The summed E-state index contributed by atoms with van der Waals surface area (Å²) in [6.07, 6.45) is 2.96. The zero-order chi connectivity index (χ0) is 21.5. The molecular formula is C22H23N5O3S. The Bertz CT molecular complexity index is 1120. The van der Waals surface area contributed by atoms with E-state index in [2.05, 4.69) is 27.1 Å². The molecule has 0 bridgehead atoms. The van der Waals surface area contributed by atoms with E-state index in [0.717, 1.165) is 11.1 Å². The van der Waals surface area contributed by atoms with Crippen LogP contribution in [0, 0.1) is 12.8 Å². The smallest absolute Gasteiger partial charge is 0.264 e. The number of likely N-dealkylation sites (tertiary alicyclic amines) is 1. The van der Waals surface area contributed by atoms with Crippen LogP contribution in [-0.4, -0.2) is 49.8 Å². The molecule has 3 aromatic rings. The summed E-state index contributed by atoms with van der Waals surface area (Å²) in [5.41, 5.74) is 7.74. The Morgan fingerprint density at radius 3 is 2.71 bits per heavy atom. The Balaban J connectivity index is 1.45. The average Bonchev–Trinajstić information content (AvgIpc) is 3.48. The van der Waals surface area contributed by atoms with Crippen LogP contribution >= 0.6 is 11.8 Å². The average molecular weight is 438 g/mol. The van der Waals surface area contributed by atoms with Gasteiger partial charge in [0.2, 0.25) is 11.7 Å². The molecule has 0 spiro atoms. The minimum atomic E-state index is -0.368. The van der Waals surface area contributed by atoms with E-state index in [1.54, 1.807) is 18.4 Å². The Morgan fingerprint density at radius 2 is 2.06 bits per heavy atom. The molecule has 8 nitrogen and oxygen atoms in total. The lowest BCUT2D eigenvalue weighted by Gasteiger charge is -2.38. The largest absolute Gasteiger partial charge is 0.461 e. The normalized spacial score (nSPS) is 20.7. The number of hydrogen-bond donors (Lipinski definition) is 1. The van der Waals surface area contributed by atoms with Crippen molar-refractivity contribution in [3.8, 4) is 11.6 Å². The molecule has 160 valence electrons. The lowest BCUT2D eigenvalue weighted by Crippen LogP contribution is -2.45. The van der Waals surface area contributed by atoms with Crippen molar-refractivity contribution in [1.82, 2.24) is 19.7 Å². The Labute approximate surface area is 183 Å². The molecule has 1 fully saturated rings. The summed E-state index contributed by atoms with van der Waals surface area (Å²) in [5.74, 6) is 0.514. The minimum absolute atomic E-state index is 0.0890. The van der Waals surface area contributed by atoms with E-state index in [1.165, 1.54) is 16.4 Å². The van der Waals surface area contributed by atoms with Crippen molar-refractivity contribution in [3.63, 3.8) is 0 Å². The van der Waals surface area contributed by atoms with E-state index < -0.39 is 0 Å². The van der Waals surface area contributed by atoms with Gasteiger partial charge < -0.3 is 10.2 Å². The lowest BCUT2D eigenvalue weighted by molar-refractivity contribution is -0.123. The van der Waals surface area contributed by atoms with Crippen LogP contribution in [0.3, 0.4) is 0 Å². The van der Waals surface area contributed by atoms with Gasteiger partial charge in [-0.3, -0.25) is 14.5 Å². The van der Waals surface area contributed by atoms with E-state index in [9.17, 15) is 9.59 Å². The maximum absolute atomic E-state index is 13.4. The quantitative estimate of drug-likeness (QED) is 0.654. The lowest BCUT2D eigenvalue weighted by atomic mass is 9.92. The fourth-order valence-corrected chi connectivity index (χ4v) is 5.66. The summed E-state index contributed by atoms with van der Waals surface area (Å²) in [6.45, 7) is 3.47. The zero-order valence-electron chi connectivity index (χ0n) is 17.1. The monoisotopic (exact) mass is 437 g/mol. The van der Waals surface area contributed by atoms with E-state index in [-0.39, 0.29) is 29.0 Å².